The minimum atomic E-state index is -4.90. The molecular formula is C29H28F4N2O7. The Labute approximate surface area is 238 Å². The summed E-state index contributed by atoms with van der Waals surface area (Å²) in [5.74, 6) is -1.59. The second kappa shape index (κ2) is 12.8. The van der Waals surface area contributed by atoms with Crippen LogP contribution in [0, 0.1) is 5.82 Å². The highest BCUT2D eigenvalue weighted by Gasteiger charge is 2.33. The van der Waals surface area contributed by atoms with E-state index in [0.717, 1.165) is 6.07 Å². The van der Waals surface area contributed by atoms with Crippen LogP contribution in [0.5, 0.6) is 23.0 Å². The number of carboxylic acid groups (broad SMARTS) is 1. The van der Waals surface area contributed by atoms with Crippen LogP contribution in [0.1, 0.15) is 24.0 Å². The van der Waals surface area contributed by atoms with Gasteiger partial charge in [0, 0.05) is 54.5 Å². The molecule has 0 amide bonds. The Morgan fingerprint density at radius 1 is 0.976 bits per heavy atom. The first-order chi connectivity index (χ1) is 20.0. The molecular weight excluding hydrogens is 564 g/mol. The number of nitrogens with zero attached hydrogens (tertiary/aromatic N) is 1. The van der Waals surface area contributed by atoms with E-state index in [2.05, 4.69) is 10.1 Å². The van der Waals surface area contributed by atoms with E-state index >= 15 is 0 Å². The van der Waals surface area contributed by atoms with Crippen LogP contribution in [0.3, 0.4) is 0 Å². The van der Waals surface area contributed by atoms with Gasteiger partial charge in [-0.25, -0.2) is 4.39 Å². The van der Waals surface area contributed by atoms with Crippen molar-refractivity contribution in [3.8, 4) is 23.0 Å². The maximum absolute atomic E-state index is 14.1. The number of alkyl halides is 3. The molecule has 0 saturated carbocycles. The van der Waals surface area contributed by atoms with E-state index < -0.39 is 23.9 Å². The lowest BCUT2D eigenvalue weighted by Crippen LogP contribution is -2.23. The van der Waals surface area contributed by atoms with Crippen molar-refractivity contribution >= 4 is 23.0 Å². The predicted molar refractivity (Wildman–Crippen MR) is 146 cm³/mol. The summed E-state index contributed by atoms with van der Waals surface area (Å²) in [5.41, 5.74) is 1.64. The Morgan fingerprint density at radius 3 is 2.43 bits per heavy atom. The standard InChI is InChI=1S/C29H28F4N2O7/c1-39-21-13-19(14-22(15-21)41-11-3-4-26(36)37)34-27(23-8-6-18(30)12-25(23)40-2)28(38)35-10-9-17-5-7-20(16-24(17)35)42-29(31,32)33/h5-8,12-16,34,38H,3-4,9-11H2,1-2H3,(H,36,37)/b28-27+. The molecule has 0 unspecified atom stereocenters. The molecule has 0 atom stereocenters. The lowest BCUT2D eigenvalue weighted by molar-refractivity contribution is -0.274. The SMILES string of the molecule is COc1cc(N/C(=C(/O)N2CCc3ccc(OC(F)(F)F)cc32)c2ccc(F)cc2OC)cc(OCCCC(=O)O)c1. The first kappa shape index (κ1) is 30.2. The molecule has 0 saturated heterocycles. The maximum atomic E-state index is 14.1. The van der Waals surface area contributed by atoms with E-state index in [1.165, 1.54) is 49.5 Å². The average Bonchev–Trinajstić information content (AvgIpc) is 3.36. The molecule has 0 aliphatic carbocycles. The molecule has 0 radical (unpaired) electrons. The summed E-state index contributed by atoms with van der Waals surface area (Å²) in [6.45, 7) is 0.340. The van der Waals surface area contributed by atoms with Gasteiger partial charge in [-0.05, 0) is 36.6 Å². The predicted octanol–water partition coefficient (Wildman–Crippen LogP) is 6.34. The fourth-order valence-corrected chi connectivity index (χ4v) is 4.43. The van der Waals surface area contributed by atoms with Crippen LogP contribution in [0.2, 0.25) is 0 Å². The number of benzene rings is 3. The molecule has 0 spiro atoms. The molecule has 0 fully saturated rings. The third-order valence-electron chi connectivity index (χ3n) is 6.29. The highest BCUT2D eigenvalue weighted by atomic mass is 19.4. The quantitative estimate of drug-likeness (QED) is 0.126. The lowest BCUT2D eigenvalue weighted by atomic mass is 10.1. The highest BCUT2D eigenvalue weighted by molar-refractivity contribution is 5.84. The van der Waals surface area contributed by atoms with E-state index in [-0.39, 0.29) is 48.9 Å². The van der Waals surface area contributed by atoms with Crippen molar-refractivity contribution in [3.63, 3.8) is 0 Å². The van der Waals surface area contributed by atoms with E-state index in [9.17, 15) is 27.5 Å². The molecule has 4 rings (SSSR count). The summed E-state index contributed by atoms with van der Waals surface area (Å²) >= 11 is 0. The summed E-state index contributed by atoms with van der Waals surface area (Å²) in [7, 11) is 2.76. The van der Waals surface area contributed by atoms with Gasteiger partial charge in [-0.2, -0.15) is 0 Å². The fraction of sp³-hybridized carbons (Fsp3) is 0.276. The van der Waals surface area contributed by atoms with Gasteiger partial charge in [-0.3, -0.25) is 4.79 Å². The van der Waals surface area contributed by atoms with Gasteiger partial charge in [0.2, 0.25) is 5.88 Å². The highest BCUT2D eigenvalue weighted by Crippen LogP contribution is 2.39. The van der Waals surface area contributed by atoms with Gasteiger partial charge in [0.25, 0.3) is 0 Å². The van der Waals surface area contributed by atoms with E-state index in [4.69, 9.17) is 19.3 Å². The van der Waals surface area contributed by atoms with Gasteiger partial charge in [0.1, 0.15) is 34.5 Å². The number of methoxy groups -OCH3 is 2. The number of rotatable bonds is 12. The number of carbonyl (C=O) groups is 1. The monoisotopic (exact) mass is 592 g/mol. The van der Waals surface area contributed by atoms with Crippen molar-refractivity contribution < 1.29 is 51.5 Å². The molecule has 1 aliphatic heterocycles. The lowest BCUT2D eigenvalue weighted by Gasteiger charge is -2.24. The Morgan fingerprint density at radius 2 is 1.74 bits per heavy atom. The third-order valence-corrected chi connectivity index (χ3v) is 6.29. The number of aliphatic hydroxyl groups is 1. The Bertz CT molecular complexity index is 1480. The fourth-order valence-electron chi connectivity index (χ4n) is 4.43. The summed E-state index contributed by atoms with van der Waals surface area (Å²) in [6, 6.07) is 12.3. The second-order valence-corrected chi connectivity index (χ2v) is 9.15. The Kier molecular flexibility index (Phi) is 9.18. The topological polar surface area (TPSA) is 110 Å². The maximum Gasteiger partial charge on any atom is 0.573 e. The van der Waals surface area contributed by atoms with Gasteiger partial charge in [0.05, 0.1) is 26.5 Å². The molecule has 3 aromatic rings. The zero-order valence-electron chi connectivity index (χ0n) is 22.6. The minimum absolute atomic E-state index is 0.0481. The van der Waals surface area contributed by atoms with Crippen molar-refractivity contribution in [2.75, 3.05) is 37.6 Å². The van der Waals surface area contributed by atoms with E-state index in [0.29, 0.717) is 34.9 Å². The van der Waals surface area contributed by atoms with Crippen LogP contribution in [-0.4, -0.2) is 49.9 Å². The number of hydrogen-bond donors (Lipinski definition) is 3. The number of fused-ring (bicyclic) bond motifs is 1. The van der Waals surface area contributed by atoms with Crippen molar-refractivity contribution in [2.24, 2.45) is 0 Å². The first-order valence-corrected chi connectivity index (χ1v) is 12.7. The zero-order valence-corrected chi connectivity index (χ0v) is 22.6. The average molecular weight is 593 g/mol. The number of halogens is 4. The number of hydrogen-bond acceptors (Lipinski definition) is 8. The van der Waals surface area contributed by atoms with Crippen LogP contribution in [-0.2, 0) is 11.2 Å². The second-order valence-electron chi connectivity index (χ2n) is 9.15. The molecule has 9 nitrogen and oxygen atoms in total. The minimum Gasteiger partial charge on any atom is -0.497 e. The molecule has 3 N–H and O–H groups in total. The smallest absolute Gasteiger partial charge is 0.497 e. The molecule has 3 aromatic carbocycles. The van der Waals surface area contributed by atoms with Gasteiger partial charge >= 0.3 is 12.3 Å². The van der Waals surface area contributed by atoms with Crippen molar-refractivity contribution in [1.82, 2.24) is 0 Å². The van der Waals surface area contributed by atoms with Crippen LogP contribution in [0.25, 0.3) is 5.70 Å². The molecule has 1 aliphatic rings. The van der Waals surface area contributed by atoms with Crippen LogP contribution in [0.4, 0.5) is 28.9 Å². The largest absolute Gasteiger partial charge is 0.573 e. The summed E-state index contributed by atoms with van der Waals surface area (Å²) in [4.78, 5) is 12.2. The molecule has 224 valence electrons. The number of aliphatic hydroxyl groups excluding tert-OH is 1. The van der Waals surface area contributed by atoms with Gasteiger partial charge in [-0.1, -0.05) is 6.07 Å². The van der Waals surface area contributed by atoms with Crippen LogP contribution in [0.15, 0.2) is 60.5 Å². The van der Waals surface area contributed by atoms with E-state index in [1.54, 1.807) is 18.2 Å². The normalized spacial score (nSPS) is 13.2. The molecule has 0 aromatic heterocycles. The van der Waals surface area contributed by atoms with Crippen LogP contribution < -0.4 is 29.2 Å². The van der Waals surface area contributed by atoms with E-state index in [1.807, 2.05) is 0 Å². The Balaban J connectivity index is 1.77. The van der Waals surface area contributed by atoms with Gasteiger partial charge in [-0.15, -0.1) is 13.2 Å². The molecule has 13 heteroatoms. The van der Waals surface area contributed by atoms with Crippen molar-refractivity contribution in [1.29, 1.82) is 0 Å². The van der Waals surface area contributed by atoms with Gasteiger partial charge < -0.3 is 39.4 Å². The van der Waals surface area contributed by atoms with Crippen LogP contribution >= 0.6 is 0 Å². The number of ether oxygens (including phenoxy) is 4. The van der Waals surface area contributed by atoms with Crippen molar-refractivity contribution in [2.45, 2.75) is 25.6 Å². The summed E-state index contributed by atoms with van der Waals surface area (Å²) in [6.07, 6.45) is -4.29. The summed E-state index contributed by atoms with van der Waals surface area (Å²) < 4.78 is 73.3. The Hall–Kier alpha value is -4.81. The molecule has 42 heavy (non-hydrogen) atoms. The number of carboxylic acids is 1. The first-order valence-electron chi connectivity index (χ1n) is 12.7. The zero-order chi connectivity index (χ0) is 30.4. The molecule has 1 heterocycles. The number of anilines is 2. The molecule has 0 bridgehead atoms. The van der Waals surface area contributed by atoms with Gasteiger partial charge in [0.15, 0.2) is 0 Å². The number of aliphatic carboxylic acids is 1. The third kappa shape index (κ3) is 7.47. The number of nitrogens with one attached hydrogen (secondary N) is 1. The van der Waals surface area contributed by atoms with Crippen molar-refractivity contribution in [3.05, 3.63) is 77.4 Å². The summed E-state index contributed by atoms with van der Waals surface area (Å²) in [5, 5.41) is 23.6.